The van der Waals surface area contributed by atoms with E-state index in [4.69, 9.17) is 9.15 Å². The van der Waals surface area contributed by atoms with E-state index in [0.29, 0.717) is 22.8 Å². The Morgan fingerprint density at radius 1 is 1.17 bits per heavy atom. The Morgan fingerprint density at radius 3 is 2.67 bits per heavy atom. The molecule has 0 aliphatic rings. The second-order valence-corrected chi connectivity index (χ2v) is 5.71. The summed E-state index contributed by atoms with van der Waals surface area (Å²) >= 11 is 1.61. The summed E-state index contributed by atoms with van der Waals surface area (Å²) in [6.07, 6.45) is 1.98. The highest BCUT2D eigenvalue weighted by atomic mass is 32.2. The topological polar surface area (TPSA) is 77.3 Å². The van der Waals surface area contributed by atoms with Gasteiger partial charge in [-0.25, -0.2) is 0 Å². The van der Waals surface area contributed by atoms with Gasteiger partial charge in [0.15, 0.2) is 0 Å². The van der Waals surface area contributed by atoms with Crippen molar-refractivity contribution in [2.75, 3.05) is 18.7 Å². The molecule has 0 radical (unpaired) electrons. The van der Waals surface area contributed by atoms with Crippen molar-refractivity contribution >= 4 is 23.7 Å². The van der Waals surface area contributed by atoms with Crippen molar-refractivity contribution in [2.24, 2.45) is 0 Å². The maximum Gasteiger partial charge on any atom is 0.322 e. The van der Waals surface area contributed by atoms with Gasteiger partial charge in [-0.15, -0.1) is 16.9 Å². The van der Waals surface area contributed by atoms with Crippen molar-refractivity contribution in [3.63, 3.8) is 0 Å². The highest BCUT2D eigenvalue weighted by Gasteiger charge is 2.13. The van der Waals surface area contributed by atoms with Crippen LogP contribution < -0.4 is 10.1 Å². The average molecular weight is 341 g/mol. The molecule has 0 unspecified atom stereocenters. The molecule has 24 heavy (non-hydrogen) atoms. The van der Waals surface area contributed by atoms with E-state index in [9.17, 15) is 4.79 Å². The van der Waals surface area contributed by atoms with Gasteiger partial charge in [0.2, 0.25) is 5.89 Å². The van der Waals surface area contributed by atoms with Gasteiger partial charge in [-0.3, -0.25) is 10.1 Å². The van der Waals surface area contributed by atoms with Crippen LogP contribution in [0.15, 0.2) is 57.8 Å². The Kier molecular flexibility index (Phi) is 4.81. The summed E-state index contributed by atoms with van der Waals surface area (Å²) in [5, 5.41) is 10.4. The molecule has 0 aliphatic carbocycles. The van der Waals surface area contributed by atoms with E-state index in [1.165, 1.54) is 0 Å². The number of thioether (sulfide) groups is 1. The van der Waals surface area contributed by atoms with Crippen LogP contribution in [0.2, 0.25) is 0 Å². The third-order valence-corrected chi connectivity index (χ3v) is 4.06. The number of anilines is 1. The van der Waals surface area contributed by atoms with Crippen LogP contribution in [-0.4, -0.2) is 29.5 Å². The highest BCUT2D eigenvalue weighted by Crippen LogP contribution is 2.24. The van der Waals surface area contributed by atoms with E-state index in [2.05, 4.69) is 15.5 Å². The standard InChI is InChI=1S/C17H15N3O3S/c1-22-13-5-3-4-12(10-13)16-19-20-17(23-16)18-15(21)11-6-8-14(24-2)9-7-11/h3-10H,1-2H3,(H,18,20,21). The molecule has 1 amide bonds. The quantitative estimate of drug-likeness (QED) is 0.713. The van der Waals surface area contributed by atoms with E-state index >= 15 is 0 Å². The van der Waals surface area contributed by atoms with Crippen LogP contribution in [0, 0.1) is 0 Å². The molecule has 0 saturated heterocycles. The first-order valence-electron chi connectivity index (χ1n) is 7.13. The maximum atomic E-state index is 12.2. The summed E-state index contributed by atoms with van der Waals surface area (Å²) in [5.41, 5.74) is 1.24. The van der Waals surface area contributed by atoms with Crippen molar-refractivity contribution < 1.29 is 13.9 Å². The smallest absolute Gasteiger partial charge is 0.322 e. The summed E-state index contributed by atoms with van der Waals surface area (Å²) in [6, 6.07) is 14.6. The average Bonchev–Trinajstić information content (AvgIpc) is 3.10. The molecule has 0 fully saturated rings. The number of rotatable bonds is 5. The van der Waals surface area contributed by atoms with Crippen molar-refractivity contribution in [1.82, 2.24) is 10.2 Å². The highest BCUT2D eigenvalue weighted by molar-refractivity contribution is 7.98. The number of amides is 1. The normalized spacial score (nSPS) is 10.4. The zero-order valence-corrected chi connectivity index (χ0v) is 14.0. The lowest BCUT2D eigenvalue weighted by atomic mass is 10.2. The van der Waals surface area contributed by atoms with Crippen LogP contribution in [0.1, 0.15) is 10.4 Å². The predicted molar refractivity (Wildman–Crippen MR) is 92.5 cm³/mol. The Balaban J connectivity index is 1.74. The lowest BCUT2D eigenvalue weighted by Crippen LogP contribution is -2.11. The third kappa shape index (κ3) is 3.57. The Hall–Kier alpha value is -2.80. The summed E-state index contributed by atoms with van der Waals surface area (Å²) in [7, 11) is 1.58. The second kappa shape index (κ2) is 7.18. The molecule has 3 rings (SSSR count). The third-order valence-electron chi connectivity index (χ3n) is 3.31. The molecular weight excluding hydrogens is 326 g/mol. The van der Waals surface area contributed by atoms with Crippen molar-refractivity contribution in [1.29, 1.82) is 0 Å². The van der Waals surface area contributed by atoms with Crippen molar-refractivity contribution in [3.05, 3.63) is 54.1 Å². The van der Waals surface area contributed by atoms with Gasteiger partial charge in [0.05, 0.1) is 7.11 Å². The lowest BCUT2D eigenvalue weighted by molar-refractivity contribution is 0.102. The number of benzene rings is 2. The number of carbonyl (C=O) groups excluding carboxylic acids is 1. The first-order chi connectivity index (χ1) is 11.7. The van der Waals surface area contributed by atoms with Gasteiger partial charge in [0, 0.05) is 16.0 Å². The number of carbonyl (C=O) groups is 1. The van der Waals surface area contributed by atoms with E-state index in [-0.39, 0.29) is 11.9 Å². The summed E-state index contributed by atoms with van der Waals surface area (Å²) in [6.45, 7) is 0. The SMILES string of the molecule is COc1cccc(-c2nnc(NC(=O)c3ccc(SC)cc3)o2)c1. The van der Waals surface area contributed by atoms with Gasteiger partial charge in [-0.2, -0.15) is 0 Å². The van der Waals surface area contributed by atoms with Crippen LogP contribution in [0.4, 0.5) is 6.01 Å². The van der Waals surface area contributed by atoms with Crippen LogP contribution in [0.25, 0.3) is 11.5 Å². The zero-order valence-electron chi connectivity index (χ0n) is 13.1. The molecule has 1 N–H and O–H groups in total. The predicted octanol–water partition coefficient (Wildman–Crippen LogP) is 3.72. The monoisotopic (exact) mass is 341 g/mol. The first kappa shape index (κ1) is 16.1. The fraction of sp³-hybridized carbons (Fsp3) is 0.118. The minimum absolute atomic E-state index is 0.0479. The molecule has 0 aliphatic heterocycles. The number of methoxy groups -OCH3 is 1. The van der Waals surface area contributed by atoms with Gasteiger partial charge in [-0.1, -0.05) is 11.2 Å². The Bertz CT molecular complexity index is 846. The van der Waals surface area contributed by atoms with Gasteiger partial charge in [0.25, 0.3) is 5.91 Å². The molecule has 6 nitrogen and oxygen atoms in total. The van der Waals surface area contributed by atoms with Crippen LogP contribution >= 0.6 is 11.8 Å². The minimum atomic E-state index is -0.302. The fourth-order valence-electron chi connectivity index (χ4n) is 2.06. The first-order valence-corrected chi connectivity index (χ1v) is 8.35. The van der Waals surface area contributed by atoms with E-state index in [1.54, 1.807) is 37.1 Å². The summed E-state index contributed by atoms with van der Waals surface area (Å²) < 4.78 is 10.7. The Labute approximate surface area is 143 Å². The largest absolute Gasteiger partial charge is 0.497 e. The van der Waals surface area contributed by atoms with Gasteiger partial charge < -0.3 is 9.15 Å². The molecule has 122 valence electrons. The van der Waals surface area contributed by atoms with E-state index in [1.807, 2.05) is 36.6 Å². The summed E-state index contributed by atoms with van der Waals surface area (Å²) in [5.74, 6) is 0.690. The molecule has 0 saturated carbocycles. The fourth-order valence-corrected chi connectivity index (χ4v) is 2.47. The zero-order chi connectivity index (χ0) is 16.9. The number of hydrogen-bond donors (Lipinski definition) is 1. The van der Waals surface area contributed by atoms with Crippen LogP contribution in [0.3, 0.4) is 0 Å². The Morgan fingerprint density at radius 2 is 1.96 bits per heavy atom. The van der Waals surface area contributed by atoms with Crippen molar-refractivity contribution in [3.8, 4) is 17.2 Å². The molecule has 2 aromatic carbocycles. The molecule has 7 heteroatoms. The number of aromatic nitrogens is 2. The number of nitrogens with zero attached hydrogens (tertiary/aromatic N) is 2. The number of nitrogens with one attached hydrogen (secondary N) is 1. The van der Waals surface area contributed by atoms with Gasteiger partial charge in [-0.05, 0) is 48.7 Å². The molecular formula is C17H15N3O3S. The molecule has 0 atom stereocenters. The lowest BCUT2D eigenvalue weighted by Gasteiger charge is -2.02. The van der Waals surface area contributed by atoms with Crippen LogP contribution in [-0.2, 0) is 0 Å². The molecule has 3 aromatic rings. The minimum Gasteiger partial charge on any atom is -0.497 e. The molecule has 0 bridgehead atoms. The number of ether oxygens (including phenoxy) is 1. The maximum absolute atomic E-state index is 12.2. The second-order valence-electron chi connectivity index (χ2n) is 4.83. The molecule has 0 spiro atoms. The van der Waals surface area contributed by atoms with Gasteiger partial charge in [0.1, 0.15) is 5.75 Å². The van der Waals surface area contributed by atoms with Crippen LogP contribution in [0.5, 0.6) is 5.75 Å². The van der Waals surface area contributed by atoms with Crippen molar-refractivity contribution in [2.45, 2.75) is 4.90 Å². The number of hydrogen-bond acceptors (Lipinski definition) is 6. The van der Waals surface area contributed by atoms with E-state index in [0.717, 1.165) is 4.90 Å². The van der Waals surface area contributed by atoms with E-state index < -0.39 is 0 Å². The summed E-state index contributed by atoms with van der Waals surface area (Å²) in [4.78, 5) is 13.3. The molecule has 1 aromatic heterocycles. The van der Waals surface area contributed by atoms with Gasteiger partial charge >= 0.3 is 6.01 Å². The molecule has 1 heterocycles.